The summed E-state index contributed by atoms with van der Waals surface area (Å²) in [5, 5.41) is 13.3. The lowest BCUT2D eigenvalue weighted by molar-refractivity contribution is 0.196. The molecule has 0 N–H and O–H groups in total. The highest BCUT2D eigenvalue weighted by Crippen LogP contribution is 2.27. The summed E-state index contributed by atoms with van der Waals surface area (Å²) in [7, 11) is 0. The van der Waals surface area contributed by atoms with Gasteiger partial charge in [0, 0.05) is 37.0 Å². The molecule has 132 valence electrons. The van der Waals surface area contributed by atoms with Crippen LogP contribution in [0.3, 0.4) is 0 Å². The van der Waals surface area contributed by atoms with Crippen molar-refractivity contribution >= 4 is 5.65 Å². The van der Waals surface area contributed by atoms with Crippen molar-refractivity contribution in [2.75, 3.05) is 13.1 Å². The summed E-state index contributed by atoms with van der Waals surface area (Å²) in [5.74, 6) is 1.52. The molecular formula is C19H26N6. The van der Waals surface area contributed by atoms with Crippen LogP contribution in [0.15, 0.2) is 36.8 Å². The molecule has 0 spiro atoms. The zero-order chi connectivity index (χ0) is 17.4. The molecule has 1 atom stereocenters. The average molecular weight is 338 g/mol. The maximum absolute atomic E-state index is 4.53. The number of fused-ring (bicyclic) bond motifs is 1. The Labute approximate surface area is 148 Å². The monoisotopic (exact) mass is 338 g/mol. The van der Waals surface area contributed by atoms with E-state index in [-0.39, 0.29) is 5.54 Å². The molecule has 1 aliphatic heterocycles. The van der Waals surface area contributed by atoms with Gasteiger partial charge in [0.15, 0.2) is 5.65 Å². The van der Waals surface area contributed by atoms with Gasteiger partial charge in [0.05, 0.1) is 11.7 Å². The molecule has 4 heterocycles. The van der Waals surface area contributed by atoms with Gasteiger partial charge in [-0.25, -0.2) is 0 Å². The first kappa shape index (κ1) is 16.3. The van der Waals surface area contributed by atoms with Gasteiger partial charge in [0.2, 0.25) is 0 Å². The van der Waals surface area contributed by atoms with Crippen molar-refractivity contribution in [2.24, 2.45) is 0 Å². The van der Waals surface area contributed by atoms with E-state index in [9.17, 15) is 0 Å². The van der Waals surface area contributed by atoms with Crippen molar-refractivity contribution in [3.63, 3.8) is 0 Å². The maximum atomic E-state index is 4.53. The van der Waals surface area contributed by atoms with Gasteiger partial charge in [-0.15, -0.1) is 10.2 Å². The van der Waals surface area contributed by atoms with Crippen molar-refractivity contribution in [1.29, 1.82) is 0 Å². The summed E-state index contributed by atoms with van der Waals surface area (Å²) < 4.78 is 4.18. The molecule has 0 unspecified atom stereocenters. The van der Waals surface area contributed by atoms with E-state index in [1.807, 2.05) is 24.4 Å². The number of rotatable bonds is 3. The molecule has 3 aromatic rings. The predicted molar refractivity (Wildman–Crippen MR) is 97.5 cm³/mol. The fourth-order valence-corrected chi connectivity index (χ4v) is 3.61. The summed E-state index contributed by atoms with van der Waals surface area (Å²) in [6.45, 7) is 9.64. The zero-order valence-corrected chi connectivity index (χ0v) is 15.3. The summed E-state index contributed by atoms with van der Waals surface area (Å²) >= 11 is 0. The van der Waals surface area contributed by atoms with E-state index >= 15 is 0 Å². The summed E-state index contributed by atoms with van der Waals surface area (Å²) in [6.07, 6.45) is 8.61. The van der Waals surface area contributed by atoms with Crippen LogP contribution in [0.5, 0.6) is 0 Å². The second-order valence-corrected chi connectivity index (χ2v) is 8.03. The van der Waals surface area contributed by atoms with Crippen LogP contribution in [0.1, 0.15) is 50.9 Å². The summed E-state index contributed by atoms with van der Waals surface area (Å²) in [4.78, 5) is 2.52. The van der Waals surface area contributed by atoms with Crippen LogP contribution in [0.2, 0.25) is 0 Å². The van der Waals surface area contributed by atoms with E-state index in [0.717, 1.165) is 31.1 Å². The molecule has 6 heteroatoms. The third-order valence-corrected chi connectivity index (χ3v) is 4.94. The van der Waals surface area contributed by atoms with E-state index < -0.39 is 0 Å². The van der Waals surface area contributed by atoms with Gasteiger partial charge in [-0.1, -0.05) is 6.07 Å². The van der Waals surface area contributed by atoms with Crippen LogP contribution in [-0.4, -0.2) is 42.4 Å². The number of likely N-dealkylation sites (tertiary alicyclic amines) is 1. The first-order valence-electron chi connectivity index (χ1n) is 9.07. The molecule has 0 amide bonds. The quantitative estimate of drug-likeness (QED) is 0.736. The Morgan fingerprint density at radius 2 is 2.08 bits per heavy atom. The second kappa shape index (κ2) is 6.26. The molecule has 0 aliphatic carbocycles. The van der Waals surface area contributed by atoms with E-state index in [4.69, 9.17) is 0 Å². The van der Waals surface area contributed by atoms with Crippen LogP contribution in [0.25, 0.3) is 5.65 Å². The highest BCUT2D eigenvalue weighted by molar-refractivity contribution is 5.37. The van der Waals surface area contributed by atoms with Gasteiger partial charge in [0.25, 0.3) is 0 Å². The lowest BCUT2D eigenvalue weighted by Crippen LogP contribution is -2.34. The number of aromatic nitrogens is 5. The van der Waals surface area contributed by atoms with Gasteiger partial charge in [-0.2, -0.15) is 5.10 Å². The highest BCUT2D eigenvalue weighted by atomic mass is 15.3. The first-order chi connectivity index (χ1) is 12.0. The topological polar surface area (TPSA) is 51.2 Å². The molecule has 1 aliphatic rings. The van der Waals surface area contributed by atoms with Crippen LogP contribution < -0.4 is 0 Å². The number of nitrogens with zero attached hydrogens (tertiary/aromatic N) is 6. The molecule has 0 aromatic carbocycles. The minimum absolute atomic E-state index is 0.0309. The fraction of sp³-hybridized carbons (Fsp3) is 0.526. The van der Waals surface area contributed by atoms with Crippen molar-refractivity contribution in [3.05, 3.63) is 48.2 Å². The lowest BCUT2D eigenvalue weighted by Gasteiger charge is -2.31. The molecule has 0 saturated carbocycles. The molecule has 4 rings (SSSR count). The van der Waals surface area contributed by atoms with E-state index in [0.29, 0.717) is 5.92 Å². The molecule has 0 radical (unpaired) electrons. The van der Waals surface area contributed by atoms with Crippen LogP contribution in [0.4, 0.5) is 0 Å². The lowest BCUT2D eigenvalue weighted by atomic mass is 9.97. The normalized spacial score (nSPS) is 19.6. The zero-order valence-electron chi connectivity index (χ0n) is 15.3. The molecule has 1 fully saturated rings. The minimum atomic E-state index is 0.0309. The second-order valence-electron chi connectivity index (χ2n) is 8.03. The number of piperidine rings is 1. The summed E-state index contributed by atoms with van der Waals surface area (Å²) in [5.41, 5.74) is 2.24. The van der Waals surface area contributed by atoms with Gasteiger partial charge in [0.1, 0.15) is 5.82 Å². The molecule has 3 aromatic heterocycles. The Morgan fingerprint density at radius 1 is 1.20 bits per heavy atom. The maximum Gasteiger partial charge on any atom is 0.160 e. The SMILES string of the molecule is CC(C)(C)n1cc(CN2CCC[C@H](c3nnc4ccccn34)C2)cn1. The Balaban J connectivity index is 1.49. The van der Waals surface area contributed by atoms with Crippen molar-refractivity contribution < 1.29 is 0 Å². The Kier molecular flexibility index (Phi) is 4.07. The Hall–Kier alpha value is -2.21. The Bertz CT molecular complexity index is 856. The third-order valence-electron chi connectivity index (χ3n) is 4.94. The van der Waals surface area contributed by atoms with E-state index in [1.54, 1.807) is 0 Å². The van der Waals surface area contributed by atoms with Gasteiger partial charge < -0.3 is 0 Å². The van der Waals surface area contributed by atoms with E-state index in [1.165, 1.54) is 18.4 Å². The third kappa shape index (κ3) is 3.31. The number of pyridine rings is 1. The van der Waals surface area contributed by atoms with Crippen LogP contribution in [-0.2, 0) is 12.1 Å². The molecule has 0 bridgehead atoms. The number of hydrogen-bond acceptors (Lipinski definition) is 4. The predicted octanol–water partition coefficient (Wildman–Crippen LogP) is 3.06. The molecular weight excluding hydrogens is 312 g/mol. The van der Waals surface area contributed by atoms with Crippen molar-refractivity contribution in [3.8, 4) is 0 Å². The molecule has 6 nitrogen and oxygen atoms in total. The minimum Gasteiger partial charge on any atom is -0.298 e. The molecule has 25 heavy (non-hydrogen) atoms. The smallest absolute Gasteiger partial charge is 0.160 e. The standard InChI is InChI=1S/C19H26N6/c1-19(2,3)25-13-15(11-20-25)12-23-9-6-7-16(14-23)18-22-21-17-8-4-5-10-24(17)18/h4-5,8,10-11,13,16H,6-7,9,12,14H2,1-3H3/t16-/m0/s1. The van der Waals surface area contributed by atoms with E-state index in [2.05, 4.69) is 62.4 Å². The van der Waals surface area contributed by atoms with Gasteiger partial charge >= 0.3 is 0 Å². The van der Waals surface area contributed by atoms with Crippen molar-refractivity contribution in [2.45, 2.75) is 51.6 Å². The average Bonchev–Trinajstić information content (AvgIpc) is 3.21. The van der Waals surface area contributed by atoms with Crippen molar-refractivity contribution in [1.82, 2.24) is 29.3 Å². The highest BCUT2D eigenvalue weighted by Gasteiger charge is 2.25. The number of hydrogen-bond donors (Lipinski definition) is 0. The van der Waals surface area contributed by atoms with Gasteiger partial charge in [-0.3, -0.25) is 14.0 Å². The molecule has 1 saturated heterocycles. The van der Waals surface area contributed by atoms with Gasteiger partial charge in [-0.05, 0) is 52.3 Å². The van der Waals surface area contributed by atoms with Crippen LogP contribution in [0, 0.1) is 0 Å². The largest absolute Gasteiger partial charge is 0.298 e. The van der Waals surface area contributed by atoms with Crippen LogP contribution >= 0.6 is 0 Å². The first-order valence-corrected chi connectivity index (χ1v) is 9.07. The summed E-state index contributed by atoms with van der Waals surface area (Å²) in [6, 6.07) is 6.06. The fourth-order valence-electron chi connectivity index (χ4n) is 3.61. The Morgan fingerprint density at radius 3 is 2.88 bits per heavy atom.